The van der Waals surface area contributed by atoms with Crippen LogP contribution in [0.2, 0.25) is 0 Å². The van der Waals surface area contributed by atoms with Gasteiger partial charge in [-0.1, -0.05) is 42.7 Å². The number of amides is 1. The van der Waals surface area contributed by atoms with E-state index in [9.17, 15) is 4.79 Å². The number of hydrogen-bond donors (Lipinski definition) is 1. The van der Waals surface area contributed by atoms with Crippen molar-refractivity contribution in [2.45, 2.75) is 51.6 Å². The van der Waals surface area contributed by atoms with E-state index in [0.29, 0.717) is 0 Å². The Morgan fingerprint density at radius 3 is 2.45 bits per heavy atom. The van der Waals surface area contributed by atoms with E-state index in [4.69, 9.17) is 5.73 Å². The second kappa shape index (κ2) is 6.40. The number of carbonyl (C=O) groups is 1. The van der Waals surface area contributed by atoms with Crippen molar-refractivity contribution >= 4 is 5.91 Å². The molecular formula is C17H26N2O. The topological polar surface area (TPSA) is 46.3 Å². The molecule has 1 aliphatic carbocycles. The van der Waals surface area contributed by atoms with Crippen molar-refractivity contribution in [3.05, 3.63) is 35.4 Å². The molecule has 1 aliphatic rings. The lowest BCUT2D eigenvalue weighted by molar-refractivity contribution is -0.137. The van der Waals surface area contributed by atoms with Crippen LogP contribution in [0, 0.1) is 12.8 Å². The first-order valence-electron chi connectivity index (χ1n) is 7.59. The summed E-state index contributed by atoms with van der Waals surface area (Å²) in [6.07, 6.45) is 4.19. The van der Waals surface area contributed by atoms with Gasteiger partial charge in [-0.25, -0.2) is 0 Å². The molecule has 0 saturated heterocycles. The third-order valence-corrected chi connectivity index (χ3v) is 4.62. The minimum Gasteiger partial charge on any atom is -0.339 e. The van der Waals surface area contributed by atoms with Crippen LogP contribution in [-0.2, 0) is 4.79 Å². The zero-order valence-corrected chi connectivity index (χ0v) is 12.8. The maximum Gasteiger partial charge on any atom is 0.227 e. The van der Waals surface area contributed by atoms with Gasteiger partial charge in [0.25, 0.3) is 0 Å². The van der Waals surface area contributed by atoms with Crippen molar-refractivity contribution in [3.8, 4) is 0 Å². The van der Waals surface area contributed by atoms with Crippen LogP contribution < -0.4 is 5.73 Å². The van der Waals surface area contributed by atoms with Gasteiger partial charge in [0.05, 0.1) is 12.0 Å². The summed E-state index contributed by atoms with van der Waals surface area (Å²) in [4.78, 5) is 14.5. The highest BCUT2D eigenvalue weighted by atomic mass is 16.2. The molecule has 0 spiro atoms. The quantitative estimate of drug-likeness (QED) is 0.921. The van der Waals surface area contributed by atoms with Crippen molar-refractivity contribution in [2.75, 3.05) is 7.05 Å². The van der Waals surface area contributed by atoms with E-state index < -0.39 is 0 Å². The second-order valence-electron chi connectivity index (χ2n) is 6.09. The number of aryl methyl sites for hydroxylation is 1. The van der Waals surface area contributed by atoms with Crippen LogP contribution in [-0.4, -0.2) is 23.9 Å². The Hall–Kier alpha value is -1.35. The van der Waals surface area contributed by atoms with Crippen LogP contribution in [0.15, 0.2) is 24.3 Å². The Morgan fingerprint density at radius 1 is 1.25 bits per heavy atom. The van der Waals surface area contributed by atoms with Crippen molar-refractivity contribution in [1.82, 2.24) is 4.90 Å². The SMILES string of the molecule is Cc1ccc(C(C)N(C)C(=O)C2CCCCC2N)cc1. The van der Waals surface area contributed by atoms with Gasteiger partial charge in [-0.05, 0) is 32.3 Å². The van der Waals surface area contributed by atoms with E-state index >= 15 is 0 Å². The highest BCUT2D eigenvalue weighted by Gasteiger charge is 2.32. The second-order valence-corrected chi connectivity index (χ2v) is 6.09. The largest absolute Gasteiger partial charge is 0.339 e. The molecule has 20 heavy (non-hydrogen) atoms. The lowest BCUT2D eigenvalue weighted by Crippen LogP contribution is -2.45. The normalized spacial score (nSPS) is 24.2. The van der Waals surface area contributed by atoms with Crippen molar-refractivity contribution in [3.63, 3.8) is 0 Å². The van der Waals surface area contributed by atoms with Gasteiger partial charge in [0, 0.05) is 13.1 Å². The van der Waals surface area contributed by atoms with E-state index in [1.165, 1.54) is 11.1 Å². The number of hydrogen-bond acceptors (Lipinski definition) is 2. The summed E-state index contributed by atoms with van der Waals surface area (Å²) in [7, 11) is 1.90. The molecule has 110 valence electrons. The van der Waals surface area contributed by atoms with Crippen molar-refractivity contribution in [1.29, 1.82) is 0 Å². The molecule has 1 aromatic rings. The van der Waals surface area contributed by atoms with E-state index in [2.05, 4.69) is 38.1 Å². The molecule has 3 heteroatoms. The summed E-state index contributed by atoms with van der Waals surface area (Å²) in [6, 6.07) is 8.52. The molecule has 2 rings (SSSR count). The molecule has 3 nitrogen and oxygen atoms in total. The van der Waals surface area contributed by atoms with Crippen LogP contribution >= 0.6 is 0 Å². The number of benzene rings is 1. The fraction of sp³-hybridized carbons (Fsp3) is 0.588. The molecule has 1 fully saturated rings. The molecule has 0 radical (unpaired) electrons. The highest BCUT2D eigenvalue weighted by Crippen LogP contribution is 2.28. The summed E-state index contributed by atoms with van der Waals surface area (Å²) < 4.78 is 0. The molecule has 3 unspecified atom stereocenters. The summed E-state index contributed by atoms with van der Waals surface area (Å²) in [5, 5.41) is 0. The average Bonchev–Trinajstić information content (AvgIpc) is 2.46. The van der Waals surface area contributed by atoms with Gasteiger partial charge in [-0.15, -0.1) is 0 Å². The third-order valence-electron chi connectivity index (χ3n) is 4.62. The first-order chi connectivity index (χ1) is 9.50. The van der Waals surface area contributed by atoms with E-state index in [1.807, 2.05) is 11.9 Å². The molecule has 0 aliphatic heterocycles. The van der Waals surface area contributed by atoms with Crippen LogP contribution in [0.25, 0.3) is 0 Å². The van der Waals surface area contributed by atoms with Gasteiger partial charge in [0.1, 0.15) is 0 Å². The minimum atomic E-state index is 0.00153. The molecule has 1 aromatic carbocycles. The Kier molecular flexibility index (Phi) is 4.81. The minimum absolute atomic E-state index is 0.00153. The summed E-state index contributed by atoms with van der Waals surface area (Å²) >= 11 is 0. The zero-order valence-electron chi connectivity index (χ0n) is 12.8. The Balaban J connectivity index is 2.07. The van der Waals surface area contributed by atoms with Gasteiger partial charge in [0.2, 0.25) is 5.91 Å². The number of rotatable bonds is 3. The van der Waals surface area contributed by atoms with Gasteiger partial charge < -0.3 is 10.6 Å². The predicted octanol–water partition coefficient (Wildman–Crippen LogP) is 3.03. The average molecular weight is 274 g/mol. The molecule has 0 bridgehead atoms. The van der Waals surface area contributed by atoms with Crippen molar-refractivity contribution < 1.29 is 4.79 Å². The molecule has 2 N–H and O–H groups in total. The smallest absolute Gasteiger partial charge is 0.227 e. The van der Waals surface area contributed by atoms with E-state index in [1.54, 1.807) is 0 Å². The number of nitrogens with two attached hydrogens (primary N) is 1. The van der Waals surface area contributed by atoms with Gasteiger partial charge in [-0.3, -0.25) is 4.79 Å². The molecule has 3 atom stereocenters. The molecule has 0 aromatic heterocycles. The molecular weight excluding hydrogens is 248 g/mol. The molecule has 1 amide bonds. The standard InChI is InChI=1S/C17H26N2O/c1-12-8-10-14(11-9-12)13(2)19(3)17(20)15-6-4-5-7-16(15)18/h8-11,13,15-16H,4-7,18H2,1-3H3. The summed E-state index contributed by atoms with van der Waals surface area (Å²) in [6.45, 7) is 4.15. The van der Waals surface area contributed by atoms with E-state index in [0.717, 1.165) is 25.7 Å². The molecule has 1 saturated carbocycles. The van der Waals surface area contributed by atoms with E-state index in [-0.39, 0.29) is 23.9 Å². The van der Waals surface area contributed by atoms with Crippen LogP contribution in [0.1, 0.15) is 49.8 Å². The van der Waals surface area contributed by atoms with Gasteiger partial charge in [0.15, 0.2) is 0 Å². The summed E-state index contributed by atoms with van der Waals surface area (Å²) in [5.41, 5.74) is 8.55. The Morgan fingerprint density at radius 2 is 1.85 bits per heavy atom. The Bertz CT molecular complexity index is 455. The predicted molar refractivity (Wildman–Crippen MR) is 82.3 cm³/mol. The van der Waals surface area contributed by atoms with Gasteiger partial charge in [-0.2, -0.15) is 0 Å². The van der Waals surface area contributed by atoms with Crippen LogP contribution in [0.5, 0.6) is 0 Å². The zero-order chi connectivity index (χ0) is 14.7. The van der Waals surface area contributed by atoms with Gasteiger partial charge >= 0.3 is 0 Å². The lowest BCUT2D eigenvalue weighted by atomic mass is 9.84. The fourth-order valence-electron chi connectivity index (χ4n) is 2.99. The summed E-state index contributed by atoms with van der Waals surface area (Å²) in [5.74, 6) is 0.201. The lowest BCUT2D eigenvalue weighted by Gasteiger charge is -2.34. The maximum atomic E-state index is 12.6. The van der Waals surface area contributed by atoms with Crippen molar-refractivity contribution in [2.24, 2.45) is 11.7 Å². The number of nitrogens with zero attached hydrogens (tertiary/aromatic N) is 1. The third kappa shape index (κ3) is 3.21. The van der Waals surface area contributed by atoms with Crippen LogP contribution in [0.4, 0.5) is 0 Å². The maximum absolute atomic E-state index is 12.6. The highest BCUT2D eigenvalue weighted by molar-refractivity contribution is 5.79. The molecule has 0 heterocycles. The first-order valence-corrected chi connectivity index (χ1v) is 7.59. The van der Waals surface area contributed by atoms with Crippen LogP contribution in [0.3, 0.4) is 0 Å². The Labute approximate surface area is 122 Å². The fourth-order valence-corrected chi connectivity index (χ4v) is 2.99. The monoisotopic (exact) mass is 274 g/mol. The number of carbonyl (C=O) groups excluding carboxylic acids is 1. The first kappa shape index (κ1) is 15.0.